The van der Waals surface area contributed by atoms with Crippen LogP contribution in [0.2, 0.25) is 0 Å². The molecule has 1 heterocycles. The zero-order valence-electron chi connectivity index (χ0n) is 18.4. The highest BCUT2D eigenvalue weighted by atomic mass is 32.2. The third-order valence-electron chi connectivity index (χ3n) is 4.64. The summed E-state index contributed by atoms with van der Waals surface area (Å²) >= 11 is 1.28. The molecule has 1 aromatic heterocycles. The van der Waals surface area contributed by atoms with Gasteiger partial charge in [-0.25, -0.2) is 0 Å². The van der Waals surface area contributed by atoms with Crippen molar-refractivity contribution in [1.82, 2.24) is 14.8 Å². The van der Waals surface area contributed by atoms with Gasteiger partial charge in [0.2, 0.25) is 11.8 Å². The summed E-state index contributed by atoms with van der Waals surface area (Å²) in [6.07, 6.45) is 0.101. The molecule has 168 valence electrons. The van der Waals surface area contributed by atoms with E-state index >= 15 is 0 Å². The maximum atomic E-state index is 12.5. The number of amides is 2. The second-order valence-electron chi connectivity index (χ2n) is 6.95. The van der Waals surface area contributed by atoms with Crippen molar-refractivity contribution >= 4 is 35.0 Å². The largest absolute Gasteiger partial charge is 0.492 e. The Morgan fingerprint density at radius 2 is 1.66 bits per heavy atom. The predicted molar refractivity (Wildman–Crippen MR) is 126 cm³/mol. The van der Waals surface area contributed by atoms with Crippen LogP contribution in [0.5, 0.6) is 5.75 Å². The van der Waals surface area contributed by atoms with Crippen molar-refractivity contribution in [2.24, 2.45) is 0 Å². The minimum absolute atomic E-state index is 0.101. The fourth-order valence-electron chi connectivity index (χ4n) is 3.09. The molecule has 0 bridgehead atoms. The fourth-order valence-corrected chi connectivity index (χ4v) is 3.91. The number of nitrogens with one attached hydrogen (secondary N) is 2. The van der Waals surface area contributed by atoms with E-state index in [1.54, 1.807) is 6.07 Å². The molecule has 2 N–H and O–H groups in total. The second kappa shape index (κ2) is 11.3. The molecule has 0 aliphatic carbocycles. The van der Waals surface area contributed by atoms with Gasteiger partial charge >= 0.3 is 0 Å². The summed E-state index contributed by atoms with van der Waals surface area (Å²) in [5.41, 5.74) is 2.40. The Morgan fingerprint density at radius 1 is 0.969 bits per heavy atom. The number of aromatic nitrogens is 3. The highest BCUT2D eigenvalue weighted by Gasteiger charge is 2.17. The molecule has 0 saturated carbocycles. The monoisotopic (exact) mass is 453 g/mol. The Morgan fingerprint density at radius 3 is 2.38 bits per heavy atom. The van der Waals surface area contributed by atoms with Gasteiger partial charge in [0.05, 0.1) is 24.5 Å². The molecule has 0 atom stereocenters. The SMILES string of the molecule is CCOc1ccccc1NC(=O)CSc1nnc(CC(=O)Nc2ccccc2C)n1CC. The lowest BCUT2D eigenvalue weighted by Gasteiger charge is -2.11. The third kappa shape index (κ3) is 6.10. The third-order valence-corrected chi connectivity index (χ3v) is 5.61. The molecule has 8 nitrogen and oxygen atoms in total. The Bertz CT molecular complexity index is 1080. The van der Waals surface area contributed by atoms with Gasteiger partial charge in [-0.15, -0.1) is 10.2 Å². The van der Waals surface area contributed by atoms with E-state index in [0.717, 1.165) is 11.3 Å². The van der Waals surface area contributed by atoms with Gasteiger partial charge < -0.3 is 19.9 Å². The molecular weight excluding hydrogens is 426 g/mol. The van der Waals surface area contributed by atoms with Crippen molar-refractivity contribution in [2.75, 3.05) is 23.0 Å². The van der Waals surface area contributed by atoms with Crippen LogP contribution < -0.4 is 15.4 Å². The van der Waals surface area contributed by atoms with Crippen LogP contribution in [0, 0.1) is 6.92 Å². The molecule has 0 aliphatic heterocycles. The summed E-state index contributed by atoms with van der Waals surface area (Å²) in [6, 6.07) is 14.9. The van der Waals surface area contributed by atoms with Crippen molar-refractivity contribution in [3.8, 4) is 5.75 Å². The normalized spacial score (nSPS) is 10.6. The molecule has 3 aromatic rings. The van der Waals surface area contributed by atoms with Gasteiger partial charge in [0.1, 0.15) is 11.6 Å². The predicted octanol–water partition coefficient (Wildman–Crippen LogP) is 3.92. The number of hydrogen-bond donors (Lipinski definition) is 2. The van der Waals surface area contributed by atoms with E-state index in [-0.39, 0.29) is 24.0 Å². The Hall–Kier alpha value is -3.33. The highest BCUT2D eigenvalue weighted by molar-refractivity contribution is 7.99. The van der Waals surface area contributed by atoms with Gasteiger partial charge in [-0.2, -0.15) is 0 Å². The van der Waals surface area contributed by atoms with Gasteiger partial charge in [-0.05, 0) is 44.5 Å². The van der Waals surface area contributed by atoms with Gasteiger partial charge in [0.25, 0.3) is 0 Å². The Balaban J connectivity index is 1.59. The first-order valence-corrected chi connectivity index (χ1v) is 11.4. The maximum Gasteiger partial charge on any atom is 0.234 e. The fraction of sp³-hybridized carbons (Fsp3) is 0.304. The van der Waals surface area contributed by atoms with Crippen LogP contribution >= 0.6 is 11.8 Å². The van der Waals surface area contributed by atoms with E-state index in [9.17, 15) is 9.59 Å². The van der Waals surface area contributed by atoms with E-state index in [0.29, 0.717) is 35.6 Å². The van der Waals surface area contributed by atoms with Crippen LogP contribution in [0.25, 0.3) is 0 Å². The number of para-hydroxylation sites is 3. The number of thioether (sulfide) groups is 1. The lowest BCUT2D eigenvalue weighted by atomic mass is 10.2. The molecule has 0 unspecified atom stereocenters. The molecule has 32 heavy (non-hydrogen) atoms. The van der Waals surface area contributed by atoms with Crippen LogP contribution in [0.1, 0.15) is 25.2 Å². The minimum atomic E-state index is -0.174. The molecule has 2 aromatic carbocycles. The van der Waals surface area contributed by atoms with Gasteiger partial charge in [0.15, 0.2) is 5.16 Å². The number of nitrogens with zero attached hydrogens (tertiary/aromatic N) is 3. The average Bonchev–Trinajstić information content (AvgIpc) is 3.16. The van der Waals surface area contributed by atoms with E-state index in [2.05, 4.69) is 20.8 Å². The van der Waals surface area contributed by atoms with Crippen molar-refractivity contribution in [2.45, 2.75) is 38.9 Å². The molecule has 0 aliphatic rings. The summed E-state index contributed by atoms with van der Waals surface area (Å²) in [4.78, 5) is 24.9. The van der Waals surface area contributed by atoms with E-state index in [1.165, 1.54) is 11.8 Å². The first-order valence-electron chi connectivity index (χ1n) is 10.4. The molecule has 9 heteroatoms. The highest BCUT2D eigenvalue weighted by Crippen LogP contribution is 2.24. The summed E-state index contributed by atoms with van der Waals surface area (Å²) in [6.45, 7) is 6.90. The molecule has 0 saturated heterocycles. The number of carbonyl (C=O) groups is 2. The van der Waals surface area contributed by atoms with E-state index < -0.39 is 0 Å². The molecular formula is C23H27N5O3S. The maximum absolute atomic E-state index is 12.5. The summed E-state index contributed by atoms with van der Waals surface area (Å²) in [7, 11) is 0. The summed E-state index contributed by atoms with van der Waals surface area (Å²) in [5.74, 6) is 1.01. The van der Waals surface area contributed by atoms with Crippen molar-refractivity contribution < 1.29 is 14.3 Å². The number of aryl methyl sites for hydroxylation is 1. The number of rotatable bonds is 10. The number of ether oxygens (including phenoxy) is 1. The van der Waals surface area contributed by atoms with Gasteiger partial charge in [-0.3, -0.25) is 9.59 Å². The second-order valence-corrected chi connectivity index (χ2v) is 7.89. The topological polar surface area (TPSA) is 98.1 Å². The van der Waals surface area contributed by atoms with E-state index in [4.69, 9.17) is 4.74 Å². The first-order chi connectivity index (χ1) is 15.5. The lowest BCUT2D eigenvalue weighted by molar-refractivity contribution is -0.116. The average molecular weight is 454 g/mol. The van der Waals surface area contributed by atoms with Gasteiger partial charge in [0, 0.05) is 12.2 Å². The molecule has 0 fully saturated rings. The van der Waals surface area contributed by atoms with Gasteiger partial charge in [-0.1, -0.05) is 42.1 Å². The molecule has 2 amide bonds. The molecule has 0 spiro atoms. The minimum Gasteiger partial charge on any atom is -0.492 e. The zero-order chi connectivity index (χ0) is 22.9. The van der Waals surface area contributed by atoms with E-state index in [1.807, 2.05) is 67.8 Å². The number of anilines is 2. The molecule has 3 rings (SSSR count). The van der Waals surface area contributed by atoms with Crippen LogP contribution in [0.3, 0.4) is 0 Å². The number of benzene rings is 2. The Kier molecular flexibility index (Phi) is 8.27. The van der Waals surface area contributed by atoms with Crippen LogP contribution in [-0.2, 0) is 22.6 Å². The number of carbonyl (C=O) groups excluding carboxylic acids is 2. The number of hydrogen-bond acceptors (Lipinski definition) is 6. The summed E-state index contributed by atoms with van der Waals surface area (Å²) < 4.78 is 7.39. The quantitative estimate of drug-likeness (QED) is 0.452. The van der Waals surface area contributed by atoms with Crippen molar-refractivity contribution in [3.05, 3.63) is 59.9 Å². The zero-order valence-corrected chi connectivity index (χ0v) is 19.2. The van der Waals surface area contributed by atoms with Crippen LogP contribution in [0.15, 0.2) is 53.7 Å². The summed E-state index contributed by atoms with van der Waals surface area (Å²) in [5, 5.41) is 14.7. The Labute approximate surface area is 191 Å². The first kappa shape index (κ1) is 23.3. The smallest absolute Gasteiger partial charge is 0.234 e. The molecule has 0 radical (unpaired) electrons. The standard InChI is InChI=1S/C23H27N5O3S/c1-4-28-20(14-21(29)24-17-11-7-6-10-16(17)3)26-27-23(28)32-15-22(30)25-18-12-8-9-13-19(18)31-5-2/h6-13H,4-5,14-15H2,1-3H3,(H,24,29)(H,25,30). The van der Waals surface area contributed by atoms with Crippen LogP contribution in [-0.4, -0.2) is 38.9 Å². The van der Waals surface area contributed by atoms with Crippen molar-refractivity contribution in [3.63, 3.8) is 0 Å². The van der Waals surface area contributed by atoms with Crippen LogP contribution in [0.4, 0.5) is 11.4 Å². The lowest BCUT2D eigenvalue weighted by Crippen LogP contribution is -2.18. The van der Waals surface area contributed by atoms with Crippen molar-refractivity contribution in [1.29, 1.82) is 0 Å².